The molecule has 0 aliphatic heterocycles. The van der Waals surface area contributed by atoms with Gasteiger partial charge in [0, 0.05) is 11.4 Å². The van der Waals surface area contributed by atoms with E-state index in [2.05, 4.69) is 31.2 Å². The van der Waals surface area contributed by atoms with Crippen molar-refractivity contribution in [2.24, 2.45) is 0 Å². The molecule has 1 unspecified atom stereocenters. The molecule has 0 spiro atoms. The van der Waals surface area contributed by atoms with Crippen molar-refractivity contribution in [3.8, 4) is 5.75 Å². The van der Waals surface area contributed by atoms with E-state index in [1.165, 1.54) is 11.1 Å². The third kappa shape index (κ3) is 4.76. The molecule has 0 saturated carbocycles. The van der Waals surface area contributed by atoms with Gasteiger partial charge < -0.3 is 9.84 Å². The first kappa shape index (κ1) is 15.9. The number of ether oxygens (including phenoxy) is 1. The number of aliphatic hydroxyl groups is 1. The molecule has 0 aliphatic rings. The van der Waals surface area contributed by atoms with Gasteiger partial charge in [0.25, 0.3) is 0 Å². The quantitative estimate of drug-likeness (QED) is 0.867. The molecule has 2 rings (SSSR count). The maximum atomic E-state index is 10.2. The van der Waals surface area contributed by atoms with Crippen LogP contribution in [0, 0.1) is 6.92 Å². The van der Waals surface area contributed by atoms with Crippen LogP contribution in [0.15, 0.2) is 42.5 Å². The van der Waals surface area contributed by atoms with Crippen LogP contribution in [-0.4, -0.2) is 18.3 Å². The van der Waals surface area contributed by atoms with Crippen LogP contribution in [0.4, 0.5) is 0 Å². The molecule has 21 heavy (non-hydrogen) atoms. The fourth-order valence-electron chi connectivity index (χ4n) is 2.35. The SMILES string of the molecule is COc1ccc(Cl)cc1CC(O)CCc1ccc(C)cc1. The Morgan fingerprint density at radius 2 is 1.86 bits per heavy atom. The van der Waals surface area contributed by atoms with Crippen LogP contribution >= 0.6 is 11.6 Å². The first-order valence-electron chi connectivity index (χ1n) is 7.14. The molecule has 0 fully saturated rings. The lowest BCUT2D eigenvalue weighted by Crippen LogP contribution is -2.12. The van der Waals surface area contributed by atoms with Crippen molar-refractivity contribution in [2.75, 3.05) is 7.11 Å². The van der Waals surface area contributed by atoms with Crippen molar-refractivity contribution >= 4 is 11.6 Å². The van der Waals surface area contributed by atoms with E-state index in [0.29, 0.717) is 11.4 Å². The zero-order valence-electron chi connectivity index (χ0n) is 12.5. The van der Waals surface area contributed by atoms with E-state index >= 15 is 0 Å². The zero-order chi connectivity index (χ0) is 15.2. The average molecular weight is 305 g/mol. The van der Waals surface area contributed by atoms with Crippen LogP contribution in [-0.2, 0) is 12.8 Å². The largest absolute Gasteiger partial charge is 0.496 e. The van der Waals surface area contributed by atoms with Crippen LogP contribution < -0.4 is 4.74 Å². The Kier molecular flexibility index (Phi) is 5.66. The molecule has 0 bridgehead atoms. The number of benzene rings is 2. The van der Waals surface area contributed by atoms with Gasteiger partial charge in [-0.05, 0) is 49.1 Å². The summed E-state index contributed by atoms with van der Waals surface area (Å²) in [5.74, 6) is 0.772. The van der Waals surface area contributed by atoms with Gasteiger partial charge in [-0.3, -0.25) is 0 Å². The van der Waals surface area contributed by atoms with Crippen LogP contribution in [0.2, 0.25) is 5.02 Å². The Bertz CT molecular complexity index is 578. The van der Waals surface area contributed by atoms with Gasteiger partial charge in [0.2, 0.25) is 0 Å². The van der Waals surface area contributed by atoms with Crippen LogP contribution in [0.5, 0.6) is 5.75 Å². The second-order valence-corrected chi connectivity index (χ2v) is 5.77. The molecule has 1 N–H and O–H groups in total. The minimum Gasteiger partial charge on any atom is -0.496 e. The van der Waals surface area contributed by atoms with E-state index in [0.717, 1.165) is 24.2 Å². The summed E-state index contributed by atoms with van der Waals surface area (Å²) < 4.78 is 5.31. The summed E-state index contributed by atoms with van der Waals surface area (Å²) in [7, 11) is 1.63. The summed E-state index contributed by atoms with van der Waals surface area (Å²) in [6.07, 6.45) is 1.73. The molecule has 112 valence electrons. The highest BCUT2D eigenvalue weighted by Crippen LogP contribution is 2.24. The predicted octanol–water partition coefficient (Wildman–Crippen LogP) is 4.19. The smallest absolute Gasteiger partial charge is 0.122 e. The summed E-state index contributed by atoms with van der Waals surface area (Å²) in [6.45, 7) is 2.07. The Morgan fingerprint density at radius 3 is 2.52 bits per heavy atom. The van der Waals surface area contributed by atoms with Gasteiger partial charge in [0.1, 0.15) is 5.75 Å². The van der Waals surface area contributed by atoms with E-state index in [9.17, 15) is 5.11 Å². The minimum atomic E-state index is -0.404. The summed E-state index contributed by atoms with van der Waals surface area (Å²) in [5.41, 5.74) is 3.45. The Balaban J connectivity index is 1.94. The third-order valence-corrected chi connectivity index (χ3v) is 3.82. The molecule has 1 atom stereocenters. The van der Waals surface area contributed by atoms with Crippen LogP contribution in [0.3, 0.4) is 0 Å². The standard InChI is InChI=1S/C18H21ClO2/c1-13-3-5-14(6-4-13)7-9-17(20)12-15-11-16(19)8-10-18(15)21-2/h3-6,8,10-11,17,20H,7,9,12H2,1-2H3. The summed E-state index contributed by atoms with van der Waals surface area (Å²) in [4.78, 5) is 0. The lowest BCUT2D eigenvalue weighted by Gasteiger charge is -2.14. The summed E-state index contributed by atoms with van der Waals surface area (Å²) in [5, 5.41) is 10.9. The van der Waals surface area contributed by atoms with Crippen molar-refractivity contribution in [1.29, 1.82) is 0 Å². The third-order valence-electron chi connectivity index (χ3n) is 3.58. The van der Waals surface area contributed by atoms with E-state index in [1.54, 1.807) is 13.2 Å². The fraction of sp³-hybridized carbons (Fsp3) is 0.333. The molecule has 0 amide bonds. The first-order valence-corrected chi connectivity index (χ1v) is 7.52. The number of hydrogen-bond donors (Lipinski definition) is 1. The molecule has 0 aliphatic carbocycles. The highest BCUT2D eigenvalue weighted by molar-refractivity contribution is 6.30. The summed E-state index contributed by atoms with van der Waals surface area (Å²) in [6, 6.07) is 13.9. The lowest BCUT2D eigenvalue weighted by atomic mass is 10.00. The molecule has 0 radical (unpaired) electrons. The molecule has 2 nitrogen and oxygen atoms in total. The molecular formula is C18H21ClO2. The van der Waals surface area contributed by atoms with Crippen molar-refractivity contribution in [1.82, 2.24) is 0 Å². The number of methoxy groups -OCH3 is 1. The molecule has 0 aromatic heterocycles. The van der Waals surface area contributed by atoms with Gasteiger partial charge in [0.15, 0.2) is 0 Å². The molecule has 2 aromatic carbocycles. The Morgan fingerprint density at radius 1 is 1.14 bits per heavy atom. The first-order chi connectivity index (χ1) is 10.1. The maximum Gasteiger partial charge on any atom is 0.122 e. The van der Waals surface area contributed by atoms with Gasteiger partial charge in [-0.1, -0.05) is 41.4 Å². The molecule has 3 heteroatoms. The second kappa shape index (κ2) is 7.48. The van der Waals surface area contributed by atoms with Crippen molar-refractivity contribution < 1.29 is 9.84 Å². The van der Waals surface area contributed by atoms with Crippen LogP contribution in [0.25, 0.3) is 0 Å². The highest BCUT2D eigenvalue weighted by Gasteiger charge is 2.11. The van der Waals surface area contributed by atoms with Gasteiger partial charge in [-0.15, -0.1) is 0 Å². The van der Waals surface area contributed by atoms with Gasteiger partial charge in [0.05, 0.1) is 13.2 Å². The predicted molar refractivity (Wildman–Crippen MR) is 87.2 cm³/mol. The maximum absolute atomic E-state index is 10.2. The van der Waals surface area contributed by atoms with Gasteiger partial charge >= 0.3 is 0 Å². The average Bonchev–Trinajstić information content (AvgIpc) is 2.47. The Labute approximate surface area is 131 Å². The lowest BCUT2D eigenvalue weighted by molar-refractivity contribution is 0.164. The van der Waals surface area contributed by atoms with Gasteiger partial charge in [-0.2, -0.15) is 0 Å². The van der Waals surface area contributed by atoms with Crippen molar-refractivity contribution in [2.45, 2.75) is 32.3 Å². The Hall–Kier alpha value is -1.51. The monoisotopic (exact) mass is 304 g/mol. The topological polar surface area (TPSA) is 29.5 Å². The summed E-state index contributed by atoms with van der Waals surface area (Å²) >= 11 is 6.01. The number of hydrogen-bond acceptors (Lipinski definition) is 2. The van der Waals surface area contributed by atoms with Crippen molar-refractivity contribution in [3.05, 3.63) is 64.2 Å². The fourth-order valence-corrected chi connectivity index (χ4v) is 2.55. The van der Waals surface area contributed by atoms with Crippen LogP contribution in [0.1, 0.15) is 23.1 Å². The number of rotatable bonds is 6. The number of aliphatic hydroxyl groups excluding tert-OH is 1. The van der Waals surface area contributed by atoms with E-state index in [4.69, 9.17) is 16.3 Å². The molecule has 2 aromatic rings. The molecule has 0 heterocycles. The van der Waals surface area contributed by atoms with E-state index < -0.39 is 6.10 Å². The normalized spacial score (nSPS) is 12.2. The zero-order valence-corrected chi connectivity index (χ0v) is 13.2. The van der Waals surface area contributed by atoms with Crippen molar-refractivity contribution in [3.63, 3.8) is 0 Å². The number of halogens is 1. The van der Waals surface area contributed by atoms with E-state index in [-0.39, 0.29) is 0 Å². The molecule has 0 saturated heterocycles. The van der Waals surface area contributed by atoms with Gasteiger partial charge in [-0.25, -0.2) is 0 Å². The molecular weight excluding hydrogens is 284 g/mol. The second-order valence-electron chi connectivity index (χ2n) is 5.34. The number of aryl methyl sites for hydroxylation is 2. The van der Waals surface area contributed by atoms with E-state index in [1.807, 2.05) is 12.1 Å². The minimum absolute atomic E-state index is 0.404. The highest BCUT2D eigenvalue weighted by atomic mass is 35.5.